The van der Waals surface area contributed by atoms with Gasteiger partial charge < -0.3 is 9.13 Å². The van der Waals surface area contributed by atoms with Crippen molar-refractivity contribution in [2.75, 3.05) is 0 Å². The van der Waals surface area contributed by atoms with Crippen LogP contribution >= 0.6 is 0 Å². The molecule has 8 heteroatoms. The van der Waals surface area contributed by atoms with Crippen LogP contribution in [0.1, 0.15) is 0 Å². The summed E-state index contributed by atoms with van der Waals surface area (Å²) in [5.41, 5.74) is 26.3. The van der Waals surface area contributed by atoms with Crippen LogP contribution in [-0.2, 0) is 0 Å². The SMILES string of the molecule is c1ccc(-n2c3ccccc3c3cc(-c4cccc5c4c4ccccc4c4nc6c(c7ccccc7n6-c6cccc(-c7ccc8c(c7)c7ccccc7n7c8nc8c7c7cc(-c9cccc%10c9c9ccccc9n%10-c9ccccc9)ccc7n8-c7ccccc7)c6)n54)ccc32)cc1. The molecule has 0 unspecified atom stereocenters. The van der Waals surface area contributed by atoms with Gasteiger partial charge in [-0.05, 0) is 165 Å². The summed E-state index contributed by atoms with van der Waals surface area (Å²) in [6.45, 7) is 0. The summed E-state index contributed by atoms with van der Waals surface area (Å²) in [6.07, 6.45) is 0. The molecule has 0 aliphatic rings. The first-order valence-electron chi connectivity index (χ1n) is 33.6. The second-order valence-corrected chi connectivity index (χ2v) is 26.0. The van der Waals surface area contributed by atoms with Gasteiger partial charge in [-0.25, -0.2) is 9.97 Å². The van der Waals surface area contributed by atoms with Crippen LogP contribution in [0.2, 0.25) is 0 Å². The van der Waals surface area contributed by atoms with Gasteiger partial charge in [-0.2, -0.15) is 0 Å². The van der Waals surface area contributed by atoms with Gasteiger partial charge in [0, 0.05) is 76.6 Å². The first-order chi connectivity index (χ1) is 48.7. The van der Waals surface area contributed by atoms with Gasteiger partial charge in [0.05, 0.1) is 44.1 Å². The number of rotatable bonds is 7. The molecule has 8 nitrogen and oxygen atoms in total. The average Bonchev–Trinajstić information content (AvgIpc) is 1.50. The summed E-state index contributed by atoms with van der Waals surface area (Å²) in [4.78, 5) is 11.5. The lowest BCUT2D eigenvalue weighted by molar-refractivity contribution is 1.15. The highest BCUT2D eigenvalue weighted by Gasteiger charge is 2.27. The molecule has 0 aliphatic carbocycles. The monoisotopic (exact) mass is 1250 g/mol. The number of imidazole rings is 2. The summed E-state index contributed by atoms with van der Waals surface area (Å²) in [5.74, 6) is 0. The quantitative estimate of drug-likeness (QED) is 0.149. The zero-order chi connectivity index (χ0) is 63.8. The van der Waals surface area contributed by atoms with Gasteiger partial charge in [0.15, 0.2) is 11.3 Å². The molecule has 14 aromatic carbocycles. The van der Waals surface area contributed by atoms with Crippen LogP contribution in [0.4, 0.5) is 0 Å². The van der Waals surface area contributed by atoms with E-state index < -0.39 is 0 Å². The number of aromatic nitrogens is 8. The first kappa shape index (κ1) is 53.1. The van der Waals surface area contributed by atoms with Crippen LogP contribution in [0.15, 0.2) is 328 Å². The topological polar surface area (TPSA) is 54.3 Å². The Labute approximate surface area is 559 Å². The van der Waals surface area contributed by atoms with Crippen LogP contribution in [-0.4, -0.2) is 37.0 Å². The average molecular weight is 1250 g/mol. The van der Waals surface area contributed by atoms with Crippen molar-refractivity contribution in [2.45, 2.75) is 0 Å². The number of nitrogens with zero attached hydrogens (tertiary/aromatic N) is 8. The Morgan fingerprint density at radius 2 is 0.571 bits per heavy atom. The maximum absolute atomic E-state index is 5.76. The molecule has 0 atom stereocenters. The number of fused-ring (bicyclic) bond motifs is 26. The van der Waals surface area contributed by atoms with E-state index in [-0.39, 0.29) is 0 Å². The second-order valence-electron chi connectivity index (χ2n) is 26.0. The zero-order valence-electron chi connectivity index (χ0n) is 52.8. The Morgan fingerprint density at radius 1 is 0.184 bits per heavy atom. The fourth-order valence-electron chi connectivity index (χ4n) is 16.8. The third-order valence-corrected chi connectivity index (χ3v) is 20.9. The van der Waals surface area contributed by atoms with Crippen LogP contribution in [0.3, 0.4) is 0 Å². The molecular weight excluding hydrogens is 1190 g/mol. The van der Waals surface area contributed by atoms with Crippen molar-refractivity contribution in [3.63, 3.8) is 0 Å². The predicted octanol–water partition coefficient (Wildman–Crippen LogP) is 23.0. The van der Waals surface area contributed by atoms with E-state index in [1.807, 2.05) is 0 Å². The maximum atomic E-state index is 5.76. The Balaban J connectivity index is 0.715. The molecule has 22 rings (SSSR count). The van der Waals surface area contributed by atoms with E-state index in [0.29, 0.717) is 0 Å². The second kappa shape index (κ2) is 20.1. The fraction of sp³-hybridized carbons (Fsp3) is 0. The molecule has 0 N–H and O–H groups in total. The van der Waals surface area contributed by atoms with E-state index in [1.165, 1.54) is 71.1 Å². The molecule has 0 bridgehead atoms. The van der Waals surface area contributed by atoms with Crippen LogP contribution in [0.25, 0.3) is 199 Å². The van der Waals surface area contributed by atoms with E-state index >= 15 is 0 Å². The number of para-hydroxylation sites is 7. The molecule has 8 heterocycles. The van der Waals surface area contributed by atoms with Crippen molar-refractivity contribution in [1.82, 2.24) is 37.0 Å². The lowest BCUT2D eigenvalue weighted by atomic mass is 9.95. The van der Waals surface area contributed by atoms with Gasteiger partial charge >= 0.3 is 0 Å². The molecule has 0 radical (unpaired) electrons. The van der Waals surface area contributed by atoms with Gasteiger partial charge in [-0.15, -0.1) is 0 Å². The molecule has 454 valence electrons. The summed E-state index contributed by atoms with van der Waals surface area (Å²) in [6, 6.07) is 120. The summed E-state index contributed by atoms with van der Waals surface area (Å²) in [5, 5.41) is 14.1. The van der Waals surface area contributed by atoms with Crippen molar-refractivity contribution in [3.8, 4) is 56.1 Å². The molecule has 0 aliphatic heterocycles. The van der Waals surface area contributed by atoms with E-state index in [1.54, 1.807) is 0 Å². The van der Waals surface area contributed by atoms with Gasteiger partial charge in [-0.1, -0.05) is 206 Å². The van der Waals surface area contributed by atoms with Gasteiger partial charge in [0.2, 0.25) is 0 Å². The van der Waals surface area contributed by atoms with Crippen molar-refractivity contribution in [2.24, 2.45) is 0 Å². The van der Waals surface area contributed by atoms with Crippen molar-refractivity contribution >= 4 is 142 Å². The molecule has 0 spiro atoms. The van der Waals surface area contributed by atoms with Crippen LogP contribution in [0.5, 0.6) is 0 Å². The molecule has 98 heavy (non-hydrogen) atoms. The number of benzene rings is 14. The number of hydrogen-bond acceptors (Lipinski definition) is 2. The largest absolute Gasteiger partial charge is 0.309 e. The molecule has 0 amide bonds. The highest BCUT2D eigenvalue weighted by Crippen LogP contribution is 2.47. The number of hydrogen-bond donors (Lipinski definition) is 0. The van der Waals surface area contributed by atoms with Gasteiger partial charge in [0.1, 0.15) is 22.3 Å². The minimum atomic E-state index is 0.909. The van der Waals surface area contributed by atoms with Crippen molar-refractivity contribution in [1.29, 1.82) is 0 Å². The predicted molar refractivity (Wildman–Crippen MR) is 408 cm³/mol. The van der Waals surface area contributed by atoms with E-state index in [2.05, 4.69) is 355 Å². The van der Waals surface area contributed by atoms with Crippen LogP contribution in [0, 0.1) is 0 Å². The first-order valence-corrected chi connectivity index (χ1v) is 33.6. The lowest BCUT2D eigenvalue weighted by Gasteiger charge is -2.14. The van der Waals surface area contributed by atoms with E-state index in [9.17, 15) is 0 Å². The molecule has 0 fully saturated rings. The van der Waals surface area contributed by atoms with Crippen molar-refractivity contribution in [3.05, 3.63) is 328 Å². The highest BCUT2D eigenvalue weighted by molar-refractivity contribution is 6.23. The fourth-order valence-corrected chi connectivity index (χ4v) is 16.8. The minimum absolute atomic E-state index is 0.909. The standard InChI is InChI=1S/C90H54N8/c1-4-24-59(25-5-1)93-75-39-16-13-32-66(75)73-53-57(46-49-79(73)93)63-37-22-44-82-83(63)67-33-10-11-34-68(67)87-91-89-85(98(82)87)71-36-15-19-42-78(71)96(89)62-30-20-23-55(51-62)56-45-48-69-72(52-56)65-31-12-17-40-76(65)97-86-74-54-58(47-50-80(74)95(90(86)92-88(69)97)61-28-8-3-9-29-61)64-38-21-43-81-84(64)70-35-14-18-41-77(70)94(81)60-26-6-2-7-27-60/h1-54H. The smallest absolute Gasteiger partial charge is 0.165 e. The van der Waals surface area contributed by atoms with Crippen LogP contribution < -0.4 is 0 Å². The molecule has 0 saturated carbocycles. The zero-order valence-corrected chi connectivity index (χ0v) is 52.8. The Kier molecular flexibility index (Phi) is 10.9. The third kappa shape index (κ3) is 7.32. The summed E-state index contributed by atoms with van der Waals surface area (Å²) in [7, 11) is 0. The normalized spacial score (nSPS) is 12.3. The summed E-state index contributed by atoms with van der Waals surface area (Å²) >= 11 is 0. The summed E-state index contributed by atoms with van der Waals surface area (Å²) < 4.78 is 14.4. The van der Waals surface area contributed by atoms with Crippen molar-refractivity contribution < 1.29 is 0 Å². The highest BCUT2D eigenvalue weighted by atomic mass is 15.2. The molecular formula is C90H54N8. The number of pyridine rings is 2. The van der Waals surface area contributed by atoms with E-state index in [0.717, 1.165) is 127 Å². The van der Waals surface area contributed by atoms with Gasteiger partial charge in [-0.3, -0.25) is 17.9 Å². The molecule has 8 aromatic heterocycles. The maximum Gasteiger partial charge on any atom is 0.165 e. The Bertz CT molecular complexity index is 7160. The van der Waals surface area contributed by atoms with E-state index in [4.69, 9.17) is 9.97 Å². The Hall–Kier alpha value is -13.3. The molecule has 0 saturated heterocycles. The van der Waals surface area contributed by atoms with Gasteiger partial charge in [0.25, 0.3) is 0 Å². The third-order valence-electron chi connectivity index (χ3n) is 20.9. The Morgan fingerprint density at radius 3 is 1.23 bits per heavy atom. The molecule has 22 aromatic rings. The lowest BCUT2D eigenvalue weighted by Crippen LogP contribution is -1.96. The minimum Gasteiger partial charge on any atom is -0.309 e.